The fraction of sp³-hybridized carbons (Fsp3) is 0.474. The molecule has 1 aliphatic heterocycles. The van der Waals surface area contributed by atoms with E-state index in [9.17, 15) is 14.7 Å². The highest BCUT2D eigenvalue weighted by Gasteiger charge is 2.29. The van der Waals surface area contributed by atoms with Crippen LogP contribution in [-0.2, 0) is 9.59 Å². The Kier molecular flexibility index (Phi) is 5.00. The third-order valence-electron chi connectivity index (χ3n) is 4.91. The van der Waals surface area contributed by atoms with Crippen LogP contribution in [0.3, 0.4) is 0 Å². The van der Waals surface area contributed by atoms with Gasteiger partial charge in [0, 0.05) is 19.2 Å². The van der Waals surface area contributed by atoms with Gasteiger partial charge in [-0.3, -0.25) is 9.59 Å². The van der Waals surface area contributed by atoms with Gasteiger partial charge < -0.3 is 15.3 Å². The molecule has 0 radical (unpaired) electrons. The molecule has 2 amide bonds. The van der Waals surface area contributed by atoms with Gasteiger partial charge in [0.05, 0.1) is 18.6 Å². The zero-order chi connectivity index (χ0) is 17.1. The summed E-state index contributed by atoms with van der Waals surface area (Å²) in [6.45, 7) is 1.52. The van der Waals surface area contributed by atoms with Crippen molar-refractivity contribution in [2.75, 3.05) is 0 Å². The van der Waals surface area contributed by atoms with E-state index in [0.717, 1.165) is 36.8 Å². The van der Waals surface area contributed by atoms with Crippen LogP contribution in [0.5, 0.6) is 0 Å². The molecule has 1 aromatic carbocycles. The zero-order valence-corrected chi connectivity index (χ0v) is 13.9. The van der Waals surface area contributed by atoms with Gasteiger partial charge in [-0.25, -0.2) is 0 Å². The van der Waals surface area contributed by atoms with Gasteiger partial charge in [-0.1, -0.05) is 24.3 Å². The molecule has 1 heterocycles. The largest absolute Gasteiger partial charge is 0.393 e. The number of amides is 2. The Hall–Kier alpha value is -2.14. The van der Waals surface area contributed by atoms with Gasteiger partial charge in [0.2, 0.25) is 11.8 Å². The first-order valence-corrected chi connectivity index (χ1v) is 8.58. The third-order valence-corrected chi connectivity index (χ3v) is 4.91. The summed E-state index contributed by atoms with van der Waals surface area (Å²) in [5.41, 5.74) is 2.05. The molecule has 1 saturated carbocycles. The molecular weight excluding hydrogens is 304 g/mol. The number of hydrogen-bond acceptors (Lipinski definition) is 3. The Morgan fingerprint density at radius 3 is 2.62 bits per heavy atom. The van der Waals surface area contributed by atoms with Gasteiger partial charge >= 0.3 is 0 Å². The first-order chi connectivity index (χ1) is 11.5. The molecule has 128 valence electrons. The summed E-state index contributed by atoms with van der Waals surface area (Å²) < 4.78 is 0. The minimum Gasteiger partial charge on any atom is -0.393 e. The number of rotatable bonds is 3. The van der Waals surface area contributed by atoms with Gasteiger partial charge in [0.25, 0.3) is 0 Å². The van der Waals surface area contributed by atoms with E-state index in [0.29, 0.717) is 0 Å². The molecular formula is C19H24N2O3. The maximum absolute atomic E-state index is 12.5. The summed E-state index contributed by atoms with van der Waals surface area (Å²) in [5.74, 6) is -0.114. The van der Waals surface area contributed by atoms with Crippen LogP contribution in [0.25, 0.3) is 6.08 Å². The van der Waals surface area contributed by atoms with Crippen LogP contribution in [0, 0.1) is 0 Å². The molecule has 5 heteroatoms. The number of carbonyl (C=O) groups excluding carboxylic acids is 2. The van der Waals surface area contributed by atoms with Crippen molar-refractivity contribution in [3.05, 3.63) is 41.6 Å². The average Bonchev–Trinajstić information content (AvgIpc) is 2.57. The van der Waals surface area contributed by atoms with Gasteiger partial charge in [0.15, 0.2) is 0 Å². The van der Waals surface area contributed by atoms with Gasteiger partial charge in [-0.2, -0.15) is 0 Å². The lowest BCUT2D eigenvalue weighted by atomic mass is 9.91. The molecule has 0 bridgehead atoms. The molecule has 3 rings (SSSR count). The topological polar surface area (TPSA) is 69.6 Å². The van der Waals surface area contributed by atoms with Crippen LogP contribution < -0.4 is 5.32 Å². The summed E-state index contributed by atoms with van der Waals surface area (Å²) in [4.78, 5) is 26.1. The lowest BCUT2D eigenvalue weighted by Crippen LogP contribution is -2.41. The van der Waals surface area contributed by atoms with Crippen molar-refractivity contribution < 1.29 is 14.7 Å². The summed E-state index contributed by atoms with van der Waals surface area (Å²) in [6.07, 6.45) is 6.78. The zero-order valence-electron chi connectivity index (χ0n) is 13.9. The highest BCUT2D eigenvalue weighted by atomic mass is 16.3. The van der Waals surface area contributed by atoms with E-state index in [1.54, 1.807) is 11.1 Å². The molecule has 2 N–H and O–H groups in total. The minimum atomic E-state index is -0.266. The summed E-state index contributed by atoms with van der Waals surface area (Å²) in [5, 5.41) is 12.6. The highest BCUT2D eigenvalue weighted by molar-refractivity contribution is 5.82. The lowest BCUT2D eigenvalue weighted by Gasteiger charge is -2.33. The van der Waals surface area contributed by atoms with E-state index in [-0.39, 0.29) is 36.4 Å². The van der Waals surface area contributed by atoms with Crippen LogP contribution >= 0.6 is 0 Å². The lowest BCUT2D eigenvalue weighted by molar-refractivity contribution is -0.130. The first kappa shape index (κ1) is 16.7. The molecule has 24 heavy (non-hydrogen) atoms. The fourth-order valence-electron chi connectivity index (χ4n) is 3.60. The Morgan fingerprint density at radius 2 is 1.92 bits per heavy atom. The average molecular weight is 328 g/mol. The summed E-state index contributed by atoms with van der Waals surface area (Å²) in [6, 6.07) is 7.72. The predicted octanol–water partition coefficient (Wildman–Crippen LogP) is 2.37. The monoisotopic (exact) mass is 328 g/mol. The molecule has 1 aliphatic carbocycles. The second-order valence-corrected chi connectivity index (χ2v) is 6.66. The van der Waals surface area contributed by atoms with Crippen molar-refractivity contribution in [1.82, 2.24) is 10.2 Å². The van der Waals surface area contributed by atoms with Gasteiger partial charge in [0.1, 0.15) is 0 Å². The van der Waals surface area contributed by atoms with E-state index < -0.39 is 0 Å². The Balaban J connectivity index is 1.70. The smallest absolute Gasteiger partial charge is 0.223 e. The number of fused-ring (bicyclic) bond motifs is 1. The SMILES string of the molecule is CC(=O)N1C=Cc2ccccc2C1CC(=O)NC1CCC(O)CC1. The molecule has 0 spiro atoms. The molecule has 1 aromatic rings. The van der Waals surface area contributed by atoms with Crippen molar-refractivity contribution in [2.45, 2.75) is 57.2 Å². The maximum Gasteiger partial charge on any atom is 0.223 e. The minimum absolute atomic E-state index is 0.0438. The van der Waals surface area contributed by atoms with E-state index in [1.807, 2.05) is 30.3 Å². The standard InChI is InChI=1S/C19H24N2O3/c1-13(22)21-11-10-14-4-2-3-5-17(14)18(21)12-19(24)20-15-6-8-16(23)9-7-15/h2-5,10-11,15-16,18,23H,6-9,12H2,1H3,(H,20,24). The van der Waals surface area contributed by atoms with Crippen molar-refractivity contribution in [1.29, 1.82) is 0 Å². The van der Waals surface area contributed by atoms with Crippen molar-refractivity contribution in [2.24, 2.45) is 0 Å². The Bertz CT molecular complexity index is 648. The summed E-state index contributed by atoms with van der Waals surface area (Å²) >= 11 is 0. The normalized spacial score (nSPS) is 25.9. The molecule has 1 unspecified atom stereocenters. The molecule has 0 saturated heterocycles. The number of aliphatic hydroxyl groups excluding tert-OH is 1. The van der Waals surface area contributed by atoms with E-state index in [4.69, 9.17) is 0 Å². The summed E-state index contributed by atoms with van der Waals surface area (Å²) in [7, 11) is 0. The van der Waals surface area contributed by atoms with Crippen LogP contribution in [0.15, 0.2) is 30.5 Å². The van der Waals surface area contributed by atoms with E-state index in [2.05, 4.69) is 5.32 Å². The van der Waals surface area contributed by atoms with Crippen molar-refractivity contribution >= 4 is 17.9 Å². The number of benzene rings is 1. The number of hydrogen-bond donors (Lipinski definition) is 2. The Morgan fingerprint density at radius 1 is 1.21 bits per heavy atom. The van der Waals surface area contributed by atoms with E-state index in [1.165, 1.54) is 6.92 Å². The van der Waals surface area contributed by atoms with E-state index >= 15 is 0 Å². The van der Waals surface area contributed by atoms with Crippen LogP contribution in [0.2, 0.25) is 0 Å². The van der Waals surface area contributed by atoms with Crippen LogP contribution in [-0.4, -0.2) is 34.0 Å². The highest BCUT2D eigenvalue weighted by Crippen LogP contribution is 2.33. The first-order valence-electron chi connectivity index (χ1n) is 8.58. The second-order valence-electron chi connectivity index (χ2n) is 6.66. The quantitative estimate of drug-likeness (QED) is 0.895. The fourth-order valence-corrected chi connectivity index (χ4v) is 3.60. The van der Waals surface area contributed by atoms with Crippen molar-refractivity contribution in [3.63, 3.8) is 0 Å². The second kappa shape index (κ2) is 7.18. The maximum atomic E-state index is 12.5. The molecule has 2 aliphatic rings. The third kappa shape index (κ3) is 3.67. The number of nitrogens with zero attached hydrogens (tertiary/aromatic N) is 1. The predicted molar refractivity (Wildman–Crippen MR) is 91.8 cm³/mol. The van der Waals surface area contributed by atoms with Crippen LogP contribution in [0.1, 0.15) is 56.2 Å². The number of nitrogens with one attached hydrogen (secondary N) is 1. The van der Waals surface area contributed by atoms with Crippen molar-refractivity contribution in [3.8, 4) is 0 Å². The van der Waals surface area contributed by atoms with Crippen LogP contribution in [0.4, 0.5) is 0 Å². The molecule has 5 nitrogen and oxygen atoms in total. The van der Waals surface area contributed by atoms with Gasteiger partial charge in [-0.05, 0) is 42.9 Å². The molecule has 0 aromatic heterocycles. The number of carbonyl (C=O) groups is 2. The van der Waals surface area contributed by atoms with Gasteiger partial charge in [-0.15, -0.1) is 0 Å². The molecule has 1 fully saturated rings. The Labute approximate surface area is 142 Å². The number of aliphatic hydroxyl groups is 1. The molecule has 1 atom stereocenters.